The molecule has 0 aromatic heterocycles. The highest BCUT2D eigenvalue weighted by Crippen LogP contribution is 2.43. The van der Waals surface area contributed by atoms with Crippen LogP contribution in [0.5, 0.6) is 0 Å². The molecule has 2 unspecified atom stereocenters. The standard InChI is InChI=1S/C20H19FN2O/c1-12-3-4-14-7-10-17-19(18(14)11-12)22-23(13(2)24)20(17)15-5-8-16(21)9-6-15/h3-6,8-9,11,17,20H,7,10H2,1-2H3. The molecule has 0 saturated heterocycles. The zero-order valence-corrected chi connectivity index (χ0v) is 13.8. The summed E-state index contributed by atoms with van der Waals surface area (Å²) in [6.07, 6.45) is 1.92. The predicted molar refractivity (Wildman–Crippen MR) is 91.2 cm³/mol. The number of amides is 1. The molecule has 1 amide bonds. The number of carbonyl (C=O) groups is 1. The van der Waals surface area contributed by atoms with E-state index >= 15 is 0 Å². The van der Waals surface area contributed by atoms with Gasteiger partial charge in [0, 0.05) is 18.4 Å². The fourth-order valence-electron chi connectivity index (χ4n) is 3.88. The summed E-state index contributed by atoms with van der Waals surface area (Å²) in [6, 6.07) is 12.7. The normalized spacial score (nSPS) is 22.0. The lowest BCUT2D eigenvalue weighted by Gasteiger charge is -2.29. The molecular formula is C20H19FN2O. The maximum absolute atomic E-state index is 13.3. The summed E-state index contributed by atoms with van der Waals surface area (Å²) < 4.78 is 13.3. The molecule has 3 nitrogen and oxygen atoms in total. The zero-order valence-electron chi connectivity index (χ0n) is 13.8. The average molecular weight is 322 g/mol. The lowest BCUT2D eigenvalue weighted by molar-refractivity contribution is -0.131. The summed E-state index contributed by atoms with van der Waals surface area (Å²) in [5.74, 6) is -0.189. The Morgan fingerprint density at radius 3 is 2.67 bits per heavy atom. The second-order valence-corrected chi connectivity index (χ2v) is 6.65. The SMILES string of the molecule is CC(=O)N1N=C2c3cc(C)ccc3CCC2C1c1ccc(F)cc1. The van der Waals surface area contributed by atoms with E-state index in [2.05, 4.69) is 30.2 Å². The lowest BCUT2D eigenvalue weighted by atomic mass is 9.77. The first kappa shape index (κ1) is 15.1. The van der Waals surface area contributed by atoms with Crippen LogP contribution in [0.2, 0.25) is 0 Å². The predicted octanol–water partition coefficient (Wildman–Crippen LogP) is 4.00. The van der Waals surface area contributed by atoms with Crippen molar-refractivity contribution in [3.8, 4) is 0 Å². The third kappa shape index (κ3) is 2.33. The van der Waals surface area contributed by atoms with E-state index in [1.165, 1.54) is 30.2 Å². The van der Waals surface area contributed by atoms with Crippen LogP contribution in [0.3, 0.4) is 0 Å². The molecule has 4 rings (SSSR count). The highest BCUT2D eigenvalue weighted by atomic mass is 19.1. The van der Waals surface area contributed by atoms with Crippen molar-refractivity contribution in [2.24, 2.45) is 11.0 Å². The van der Waals surface area contributed by atoms with Crippen LogP contribution in [0, 0.1) is 18.7 Å². The number of hydrogen-bond acceptors (Lipinski definition) is 2. The van der Waals surface area contributed by atoms with Crippen LogP contribution in [0.15, 0.2) is 47.6 Å². The molecule has 1 aliphatic heterocycles. The van der Waals surface area contributed by atoms with Crippen molar-refractivity contribution in [2.45, 2.75) is 32.7 Å². The Bertz CT molecular complexity index is 841. The fourth-order valence-corrected chi connectivity index (χ4v) is 3.88. The summed E-state index contributed by atoms with van der Waals surface area (Å²) in [6.45, 7) is 3.61. The van der Waals surface area contributed by atoms with E-state index in [1.807, 2.05) is 0 Å². The number of aryl methyl sites for hydroxylation is 2. The number of rotatable bonds is 1. The van der Waals surface area contributed by atoms with Crippen LogP contribution in [0.1, 0.15) is 41.6 Å². The van der Waals surface area contributed by atoms with Crippen LogP contribution >= 0.6 is 0 Å². The number of carbonyl (C=O) groups excluding carboxylic acids is 1. The van der Waals surface area contributed by atoms with Crippen LogP contribution in [-0.2, 0) is 11.2 Å². The van der Waals surface area contributed by atoms with E-state index in [1.54, 1.807) is 17.1 Å². The Balaban J connectivity index is 1.81. The monoisotopic (exact) mass is 322 g/mol. The molecule has 0 N–H and O–H groups in total. The summed E-state index contributed by atoms with van der Waals surface area (Å²) in [4.78, 5) is 12.2. The Labute approximate surface area is 140 Å². The van der Waals surface area contributed by atoms with Gasteiger partial charge in [0.05, 0.1) is 11.8 Å². The molecule has 2 aromatic carbocycles. The molecule has 1 heterocycles. The number of nitrogens with zero attached hydrogens (tertiary/aromatic N) is 2. The molecular weight excluding hydrogens is 303 g/mol. The van der Waals surface area contributed by atoms with Crippen LogP contribution < -0.4 is 0 Å². The molecule has 0 saturated carbocycles. The van der Waals surface area contributed by atoms with Crippen molar-refractivity contribution >= 4 is 11.6 Å². The zero-order chi connectivity index (χ0) is 16.8. The maximum atomic E-state index is 13.3. The van der Waals surface area contributed by atoms with Crippen LogP contribution in [0.25, 0.3) is 0 Å². The molecule has 122 valence electrons. The average Bonchev–Trinajstić information content (AvgIpc) is 2.96. The highest BCUT2D eigenvalue weighted by molar-refractivity contribution is 6.06. The first-order valence-corrected chi connectivity index (χ1v) is 8.28. The lowest BCUT2D eigenvalue weighted by Crippen LogP contribution is -2.31. The molecule has 0 fully saturated rings. The van der Waals surface area contributed by atoms with Gasteiger partial charge in [-0.3, -0.25) is 4.79 Å². The minimum Gasteiger partial charge on any atom is -0.273 e. The van der Waals surface area contributed by atoms with Crippen molar-refractivity contribution in [3.05, 3.63) is 70.5 Å². The van der Waals surface area contributed by atoms with Gasteiger partial charge in [-0.15, -0.1) is 0 Å². The van der Waals surface area contributed by atoms with E-state index in [0.29, 0.717) is 0 Å². The Morgan fingerprint density at radius 1 is 1.21 bits per heavy atom. The van der Waals surface area contributed by atoms with Gasteiger partial charge in [0.25, 0.3) is 0 Å². The van der Waals surface area contributed by atoms with Gasteiger partial charge in [-0.25, -0.2) is 9.40 Å². The molecule has 0 radical (unpaired) electrons. The third-order valence-electron chi connectivity index (χ3n) is 5.01. The second-order valence-electron chi connectivity index (χ2n) is 6.65. The van der Waals surface area contributed by atoms with Crippen molar-refractivity contribution in [1.82, 2.24) is 5.01 Å². The molecule has 0 spiro atoms. The smallest absolute Gasteiger partial charge is 0.240 e. The summed E-state index contributed by atoms with van der Waals surface area (Å²) in [5.41, 5.74) is 5.56. The fraction of sp³-hybridized carbons (Fsp3) is 0.300. The van der Waals surface area contributed by atoms with Gasteiger partial charge in [-0.05, 0) is 49.1 Å². The second kappa shape index (κ2) is 5.55. The number of hydrogen-bond donors (Lipinski definition) is 0. The largest absolute Gasteiger partial charge is 0.273 e. The van der Waals surface area contributed by atoms with Gasteiger partial charge in [-0.1, -0.05) is 29.8 Å². The summed E-state index contributed by atoms with van der Waals surface area (Å²) in [5, 5.41) is 6.25. The van der Waals surface area contributed by atoms with Gasteiger partial charge in [0.1, 0.15) is 5.82 Å². The van der Waals surface area contributed by atoms with E-state index in [-0.39, 0.29) is 23.7 Å². The van der Waals surface area contributed by atoms with Gasteiger partial charge in [-0.2, -0.15) is 5.10 Å². The molecule has 2 atom stereocenters. The molecule has 0 bridgehead atoms. The van der Waals surface area contributed by atoms with Gasteiger partial charge in [0.2, 0.25) is 5.91 Å². The Hall–Kier alpha value is -2.49. The van der Waals surface area contributed by atoms with E-state index < -0.39 is 0 Å². The number of benzene rings is 2. The first-order chi connectivity index (χ1) is 11.5. The highest BCUT2D eigenvalue weighted by Gasteiger charge is 2.42. The number of halogens is 1. The topological polar surface area (TPSA) is 32.7 Å². The Kier molecular flexibility index (Phi) is 3.48. The van der Waals surface area contributed by atoms with E-state index in [4.69, 9.17) is 0 Å². The quantitative estimate of drug-likeness (QED) is 0.781. The summed E-state index contributed by atoms with van der Waals surface area (Å²) >= 11 is 0. The van der Waals surface area contributed by atoms with Gasteiger partial charge in [0.15, 0.2) is 0 Å². The molecule has 2 aromatic rings. The van der Waals surface area contributed by atoms with Crippen molar-refractivity contribution in [2.75, 3.05) is 0 Å². The van der Waals surface area contributed by atoms with Crippen LogP contribution in [-0.4, -0.2) is 16.6 Å². The summed E-state index contributed by atoms with van der Waals surface area (Å²) in [7, 11) is 0. The maximum Gasteiger partial charge on any atom is 0.240 e. The van der Waals surface area contributed by atoms with Gasteiger partial charge >= 0.3 is 0 Å². The molecule has 2 aliphatic rings. The third-order valence-corrected chi connectivity index (χ3v) is 5.01. The van der Waals surface area contributed by atoms with Gasteiger partial charge < -0.3 is 0 Å². The van der Waals surface area contributed by atoms with Crippen LogP contribution in [0.4, 0.5) is 4.39 Å². The number of hydrazone groups is 1. The minimum atomic E-state index is -0.267. The molecule has 1 aliphatic carbocycles. The van der Waals surface area contributed by atoms with Crippen molar-refractivity contribution < 1.29 is 9.18 Å². The number of fused-ring (bicyclic) bond motifs is 3. The molecule has 4 heteroatoms. The minimum absolute atomic E-state index is 0.0829. The van der Waals surface area contributed by atoms with E-state index in [0.717, 1.165) is 29.7 Å². The molecule has 24 heavy (non-hydrogen) atoms. The Morgan fingerprint density at radius 2 is 1.96 bits per heavy atom. The first-order valence-electron chi connectivity index (χ1n) is 8.28. The van der Waals surface area contributed by atoms with E-state index in [9.17, 15) is 9.18 Å². The van der Waals surface area contributed by atoms with Crippen molar-refractivity contribution in [3.63, 3.8) is 0 Å². The van der Waals surface area contributed by atoms with Crippen molar-refractivity contribution in [1.29, 1.82) is 0 Å².